The van der Waals surface area contributed by atoms with Gasteiger partial charge in [0, 0.05) is 6.42 Å². The van der Waals surface area contributed by atoms with Crippen LogP contribution in [0.15, 0.2) is 0 Å². The highest BCUT2D eigenvalue weighted by molar-refractivity contribution is 5.09. The molecule has 0 aliphatic carbocycles. The van der Waals surface area contributed by atoms with Gasteiger partial charge in [0.05, 0.1) is 0 Å². The predicted molar refractivity (Wildman–Crippen MR) is 67.9 cm³/mol. The van der Waals surface area contributed by atoms with Crippen LogP contribution < -0.4 is 0 Å². The summed E-state index contributed by atoms with van der Waals surface area (Å²) in [6.07, 6.45) is -25.9. The lowest BCUT2D eigenvalue weighted by molar-refractivity contribution is -0.439. The fraction of sp³-hybridized carbons (Fsp3) is 1.00. The van der Waals surface area contributed by atoms with Gasteiger partial charge >= 0.3 is 53.8 Å². The Morgan fingerprint density at radius 2 is 0.694 bits per heavy atom. The van der Waals surface area contributed by atoms with Gasteiger partial charge in [0.25, 0.3) is 6.43 Å². The number of hydrogen-bond acceptors (Lipinski definition) is 0. The maximum absolute atomic E-state index is 12.7. The average Bonchev–Trinajstić information content (AvgIpc) is 2.64. The second kappa shape index (κ2) is 9.93. The van der Waals surface area contributed by atoms with E-state index in [4.69, 9.17) is 0 Å². The molecular weight excluding hydrogens is 593 g/mol. The third-order valence-corrected chi connectivity index (χ3v) is 3.78. The first-order valence-corrected chi connectivity index (χ1v) is 7.87. The summed E-state index contributed by atoms with van der Waals surface area (Å²) in [5.74, 6) is -49.6. The molecular formula is C13H7F23. The van der Waals surface area contributed by atoms with E-state index in [2.05, 4.69) is 0 Å². The predicted octanol–water partition coefficient (Wildman–Crippen LogP) is 8.56. The van der Waals surface area contributed by atoms with E-state index in [1.807, 2.05) is 0 Å². The summed E-state index contributed by atoms with van der Waals surface area (Å²) in [6, 6.07) is 0. The summed E-state index contributed by atoms with van der Waals surface area (Å²) < 4.78 is 277. The van der Waals surface area contributed by atoms with Crippen LogP contribution in [0.4, 0.5) is 101 Å². The summed E-state index contributed by atoms with van der Waals surface area (Å²) in [7, 11) is 0. The van der Waals surface area contributed by atoms with E-state index in [9.17, 15) is 101 Å². The second-order valence-corrected chi connectivity index (χ2v) is 6.28. The van der Waals surface area contributed by atoms with Crippen molar-refractivity contribution in [3.05, 3.63) is 0 Å². The van der Waals surface area contributed by atoms with Crippen molar-refractivity contribution in [1.82, 2.24) is 0 Å². The third kappa shape index (κ3) is 5.77. The minimum absolute atomic E-state index is 0.115. The second-order valence-electron chi connectivity index (χ2n) is 6.28. The lowest BCUT2D eigenvalue weighted by Crippen LogP contribution is -2.69. The zero-order valence-electron chi connectivity index (χ0n) is 16.1. The van der Waals surface area contributed by atoms with Crippen LogP contribution in [0.3, 0.4) is 0 Å². The standard InChI is InChI=1S/C8H5F13.C5H2F10/c1-2-3(9,10)4(11,12)5(13,14)6(15,16)7(17,18)8(19,20)21;6-1(2(7)8)3(9,10)4(11,12)5(13,14)15/h2H2,1H3;1-2H. The Hall–Kier alpha value is -1.61. The summed E-state index contributed by atoms with van der Waals surface area (Å²) >= 11 is 0. The molecule has 0 nitrogen and oxygen atoms in total. The summed E-state index contributed by atoms with van der Waals surface area (Å²) in [5.41, 5.74) is 0. The van der Waals surface area contributed by atoms with E-state index < -0.39 is 72.8 Å². The van der Waals surface area contributed by atoms with Crippen LogP contribution in [-0.4, -0.2) is 66.4 Å². The van der Waals surface area contributed by atoms with Gasteiger partial charge in [-0.1, -0.05) is 6.92 Å². The largest absolute Gasteiger partial charge is 0.460 e. The quantitative estimate of drug-likeness (QED) is 0.245. The molecule has 0 saturated carbocycles. The molecule has 0 amide bonds. The van der Waals surface area contributed by atoms with E-state index in [-0.39, 0.29) is 6.92 Å². The Bertz CT molecular complexity index is 709. The normalized spacial score (nSPS) is 16.6. The van der Waals surface area contributed by atoms with Crippen LogP contribution in [0, 0.1) is 0 Å². The Morgan fingerprint density at radius 1 is 0.417 bits per heavy atom. The van der Waals surface area contributed by atoms with Crippen LogP contribution in [0.5, 0.6) is 0 Å². The maximum atomic E-state index is 12.7. The molecule has 220 valence electrons. The Kier molecular flexibility index (Phi) is 10.1. The average molecular weight is 600 g/mol. The van der Waals surface area contributed by atoms with Crippen molar-refractivity contribution in [2.24, 2.45) is 0 Å². The van der Waals surface area contributed by atoms with Gasteiger partial charge in [-0.3, -0.25) is 0 Å². The van der Waals surface area contributed by atoms with E-state index in [1.54, 1.807) is 0 Å². The fourth-order valence-electron chi connectivity index (χ4n) is 1.54. The molecule has 0 N–H and O–H groups in total. The molecule has 0 saturated heterocycles. The van der Waals surface area contributed by atoms with Gasteiger partial charge in [-0.05, 0) is 0 Å². The number of halogens is 23. The van der Waals surface area contributed by atoms with Crippen molar-refractivity contribution in [3.8, 4) is 0 Å². The van der Waals surface area contributed by atoms with E-state index in [0.717, 1.165) is 0 Å². The van der Waals surface area contributed by atoms with Crippen LogP contribution in [0.2, 0.25) is 0 Å². The molecule has 23 heteroatoms. The van der Waals surface area contributed by atoms with Gasteiger partial charge in [0.1, 0.15) is 0 Å². The molecule has 0 fully saturated rings. The first-order chi connectivity index (χ1) is 15.2. The Labute approximate surface area is 182 Å². The summed E-state index contributed by atoms with van der Waals surface area (Å²) in [5, 5.41) is 0. The first kappa shape index (κ1) is 36.5. The van der Waals surface area contributed by atoms with Gasteiger partial charge in [0.15, 0.2) is 0 Å². The minimum Gasteiger partial charge on any atom is -0.234 e. The molecule has 0 spiro atoms. The van der Waals surface area contributed by atoms with Gasteiger partial charge in [-0.2, -0.15) is 87.8 Å². The Morgan fingerprint density at radius 3 is 0.917 bits per heavy atom. The Balaban J connectivity index is 0. The summed E-state index contributed by atoms with van der Waals surface area (Å²) in [6.45, 7) is 0.115. The molecule has 1 unspecified atom stereocenters. The van der Waals surface area contributed by atoms with Gasteiger partial charge in [0.2, 0.25) is 6.17 Å². The van der Waals surface area contributed by atoms with E-state index >= 15 is 0 Å². The van der Waals surface area contributed by atoms with Crippen molar-refractivity contribution < 1.29 is 101 Å². The molecule has 0 bridgehead atoms. The van der Waals surface area contributed by atoms with Crippen molar-refractivity contribution in [3.63, 3.8) is 0 Å². The highest BCUT2D eigenvalue weighted by Crippen LogP contribution is 2.60. The van der Waals surface area contributed by atoms with Crippen molar-refractivity contribution in [1.29, 1.82) is 0 Å². The molecule has 0 aromatic carbocycles. The fourth-order valence-corrected chi connectivity index (χ4v) is 1.54. The van der Waals surface area contributed by atoms with E-state index in [1.165, 1.54) is 0 Å². The molecule has 1 atom stereocenters. The van der Waals surface area contributed by atoms with Crippen LogP contribution in [0.25, 0.3) is 0 Å². The molecule has 36 heavy (non-hydrogen) atoms. The van der Waals surface area contributed by atoms with E-state index in [0.29, 0.717) is 0 Å². The first-order valence-electron chi connectivity index (χ1n) is 7.87. The maximum Gasteiger partial charge on any atom is 0.460 e. The SMILES string of the molecule is CCC(F)(F)C(F)(F)C(F)(F)C(F)(F)C(F)(F)C(F)(F)F.FC(F)C(F)C(F)(F)C(F)(F)C(F)(F)F. The lowest BCUT2D eigenvalue weighted by atomic mass is 9.93. The zero-order chi connectivity index (χ0) is 30.4. The highest BCUT2D eigenvalue weighted by Gasteiger charge is 2.90. The smallest absolute Gasteiger partial charge is 0.234 e. The number of alkyl halides is 23. The van der Waals surface area contributed by atoms with Gasteiger partial charge in [-0.15, -0.1) is 0 Å². The van der Waals surface area contributed by atoms with Crippen molar-refractivity contribution in [2.75, 3.05) is 0 Å². The van der Waals surface area contributed by atoms with Crippen molar-refractivity contribution in [2.45, 2.75) is 79.8 Å². The molecule has 0 aliphatic heterocycles. The number of rotatable bonds is 8. The van der Waals surface area contributed by atoms with Gasteiger partial charge in [-0.25, -0.2) is 13.2 Å². The minimum atomic E-state index is -7.81. The van der Waals surface area contributed by atoms with Gasteiger partial charge < -0.3 is 0 Å². The molecule has 0 aliphatic rings. The molecule has 0 heterocycles. The van der Waals surface area contributed by atoms with Crippen molar-refractivity contribution >= 4 is 0 Å². The topological polar surface area (TPSA) is 0 Å². The van der Waals surface area contributed by atoms with Crippen LogP contribution >= 0.6 is 0 Å². The molecule has 0 aromatic rings. The third-order valence-electron chi connectivity index (χ3n) is 3.78. The summed E-state index contributed by atoms with van der Waals surface area (Å²) in [4.78, 5) is 0. The molecule has 0 aromatic heterocycles. The monoisotopic (exact) mass is 600 g/mol. The van der Waals surface area contributed by atoms with Crippen LogP contribution in [0.1, 0.15) is 13.3 Å². The molecule has 0 rings (SSSR count). The number of hydrogen-bond donors (Lipinski definition) is 0. The lowest BCUT2D eigenvalue weighted by Gasteiger charge is -2.39. The van der Waals surface area contributed by atoms with Crippen LogP contribution in [-0.2, 0) is 0 Å². The highest BCUT2D eigenvalue weighted by atomic mass is 19.4. The molecule has 0 radical (unpaired) electrons. The zero-order valence-corrected chi connectivity index (χ0v) is 16.1.